The largest absolute Gasteiger partial charge is 0.383 e. The van der Waals surface area contributed by atoms with Crippen LogP contribution in [0.25, 0.3) is 0 Å². The van der Waals surface area contributed by atoms with Crippen LogP contribution in [0.3, 0.4) is 0 Å². The number of aromatic nitrogens is 1. The molecule has 1 saturated carbocycles. The van der Waals surface area contributed by atoms with Crippen molar-refractivity contribution < 1.29 is 0 Å². The maximum absolute atomic E-state index is 5.89. The van der Waals surface area contributed by atoms with E-state index in [0.717, 1.165) is 25.5 Å². The molecule has 5 heteroatoms. The monoisotopic (exact) mass is 240 g/mol. The molecule has 1 aromatic heterocycles. The molecule has 0 spiro atoms. The van der Waals surface area contributed by atoms with E-state index in [2.05, 4.69) is 28.6 Å². The first kappa shape index (κ1) is 11.7. The van der Waals surface area contributed by atoms with Crippen LogP contribution in [0, 0.1) is 0 Å². The lowest BCUT2D eigenvalue weighted by molar-refractivity contribution is 0.367. The highest BCUT2D eigenvalue weighted by atomic mass is 32.1. The molecule has 0 unspecified atom stereocenters. The van der Waals surface area contributed by atoms with Gasteiger partial charge in [-0.25, -0.2) is 0 Å². The van der Waals surface area contributed by atoms with Crippen LogP contribution in [-0.2, 0) is 0 Å². The van der Waals surface area contributed by atoms with Gasteiger partial charge in [0.05, 0.1) is 0 Å². The summed E-state index contributed by atoms with van der Waals surface area (Å²) in [6.45, 7) is 5.27. The molecule has 1 heterocycles. The molecule has 0 atom stereocenters. The van der Waals surface area contributed by atoms with Gasteiger partial charge in [-0.1, -0.05) is 6.92 Å². The van der Waals surface area contributed by atoms with Gasteiger partial charge in [-0.15, -0.1) is 0 Å². The first-order valence-corrected chi connectivity index (χ1v) is 6.67. The molecule has 1 aliphatic rings. The summed E-state index contributed by atoms with van der Waals surface area (Å²) in [5.74, 6) is 1.41. The predicted octanol–water partition coefficient (Wildman–Crippen LogP) is 1.97. The van der Waals surface area contributed by atoms with E-state index in [1.54, 1.807) is 0 Å². The van der Waals surface area contributed by atoms with E-state index >= 15 is 0 Å². The van der Waals surface area contributed by atoms with E-state index in [9.17, 15) is 0 Å². The average molecular weight is 240 g/mol. The summed E-state index contributed by atoms with van der Waals surface area (Å²) in [6, 6.07) is 0. The molecule has 3 N–H and O–H groups in total. The van der Waals surface area contributed by atoms with Crippen LogP contribution >= 0.6 is 11.5 Å². The number of nitrogen functional groups attached to an aromatic ring is 1. The zero-order valence-corrected chi connectivity index (χ0v) is 10.8. The summed E-state index contributed by atoms with van der Waals surface area (Å²) < 4.78 is 4.24. The molecule has 0 saturated heterocycles. The Labute approximate surface area is 101 Å². The first-order chi connectivity index (χ1) is 7.72. The highest BCUT2D eigenvalue weighted by molar-refractivity contribution is 7.10. The molecule has 4 nitrogen and oxygen atoms in total. The van der Waals surface area contributed by atoms with Gasteiger partial charge in [0.15, 0.2) is 0 Å². The van der Waals surface area contributed by atoms with Crippen molar-refractivity contribution in [3.8, 4) is 0 Å². The topological polar surface area (TPSA) is 54.2 Å². The van der Waals surface area contributed by atoms with Gasteiger partial charge >= 0.3 is 0 Å². The fourth-order valence-electron chi connectivity index (χ4n) is 1.72. The van der Waals surface area contributed by atoms with Crippen molar-refractivity contribution in [3.63, 3.8) is 0 Å². The summed E-state index contributed by atoms with van der Waals surface area (Å²) in [4.78, 5) is 2.29. The Balaban J connectivity index is 1.89. The van der Waals surface area contributed by atoms with Crippen LogP contribution in [0.15, 0.2) is 0 Å². The first-order valence-electron chi connectivity index (χ1n) is 5.89. The second-order valence-corrected chi connectivity index (χ2v) is 5.18. The number of anilines is 2. The molecule has 16 heavy (non-hydrogen) atoms. The van der Waals surface area contributed by atoms with Crippen LogP contribution in [0.1, 0.15) is 31.2 Å². The van der Waals surface area contributed by atoms with Gasteiger partial charge in [0, 0.05) is 18.7 Å². The quantitative estimate of drug-likeness (QED) is 0.798. The molecular formula is C11H20N4S. The lowest BCUT2D eigenvalue weighted by Gasteiger charge is -2.14. The standard InChI is InChI=1S/C11H20N4S/c1-3-15(2)7-6-13-11-9(8-4-5-8)10(12)14-16-11/h8,13H,3-7H2,1-2H3,(H2,12,14). The van der Waals surface area contributed by atoms with Crippen molar-refractivity contribution in [2.45, 2.75) is 25.7 Å². The highest BCUT2D eigenvalue weighted by Gasteiger charge is 2.30. The molecule has 2 rings (SSSR count). The number of nitrogens with one attached hydrogen (secondary N) is 1. The van der Waals surface area contributed by atoms with Crippen LogP contribution in [-0.4, -0.2) is 36.0 Å². The van der Waals surface area contributed by atoms with Crippen molar-refractivity contribution in [1.29, 1.82) is 0 Å². The van der Waals surface area contributed by atoms with Crippen molar-refractivity contribution in [2.75, 3.05) is 37.7 Å². The lowest BCUT2D eigenvalue weighted by atomic mass is 10.2. The Kier molecular flexibility index (Phi) is 3.66. The minimum absolute atomic E-state index is 0.671. The van der Waals surface area contributed by atoms with Crippen LogP contribution in [0.2, 0.25) is 0 Å². The maximum Gasteiger partial charge on any atom is 0.142 e. The van der Waals surface area contributed by atoms with Gasteiger partial charge in [-0.05, 0) is 43.9 Å². The summed E-state index contributed by atoms with van der Waals surface area (Å²) in [6.07, 6.45) is 2.54. The molecule has 1 aliphatic carbocycles. The van der Waals surface area contributed by atoms with E-state index in [-0.39, 0.29) is 0 Å². The van der Waals surface area contributed by atoms with Gasteiger partial charge in [0.1, 0.15) is 10.8 Å². The van der Waals surface area contributed by atoms with E-state index in [1.165, 1.54) is 34.9 Å². The van der Waals surface area contributed by atoms with Gasteiger partial charge < -0.3 is 16.0 Å². The smallest absolute Gasteiger partial charge is 0.142 e. The van der Waals surface area contributed by atoms with Crippen molar-refractivity contribution in [2.24, 2.45) is 0 Å². The van der Waals surface area contributed by atoms with Gasteiger partial charge in [-0.3, -0.25) is 0 Å². The average Bonchev–Trinajstić information content (AvgIpc) is 3.04. The zero-order chi connectivity index (χ0) is 11.5. The summed E-state index contributed by atoms with van der Waals surface area (Å²) >= 11 is 1.50. The molecule has 0 bridgehead atoms. The SMILES string of the molecule is CCN(C)CCNc1snc(N)c1C1CC1. The van der Waals surface area contributed by atoms with Gasteiger partial charge in [-0.2, -0.15) is 4.37 Å². The van der Waals surface area contributed by atoms with E-state index in [0.29, 0.717) is 5.92 Å². The number of hydrogen-bond acceptors (Lipinski definition) is 5. The number of likely N-dealkylation sites (N-methyl/N-ethyl adjacent to an activating group) is 1. The third-order valence-electron chi connectivity index (χ3n) is 3.06. The minimum atomic E-state index is 0.671. The minimum Gasteiger partial charge on any atom is -0.383 e. The summed E-state index contributed by atoms with van der Waals surface area (Å²) in [5, 5.41) is 4.64. The predicted molar refractivity (Wildman–Crippen MR) is 70.2 cm³/mol. The maximum atomic E-state index is 5.89. The Morgan fingerprint density at radius 3 is 2.94 bits per heavy atom. The molecule has 0 radical (unpaired) electrons. The van der Waals surface area contributed by atoms with Gasteiger partial charge in [0.2, 0.25) is 0 Å². The number of hydrogen-bond donors (Lipinski definition) is 2. The Morgan fingerprint density at radius 1 is 1.56 bits per heavy atom. The van der Waals surface area contributed by atoms with Crippen LogP contribution < -0.4 is 11.1 Å². The van der Waals surface area contributed by atoms with Crippen molar-refractivity contribution in [3.05, 3.63) is 5.56 Å². The number of nitrogens with zero attached hydrogens (tertiary/aromatic N) is 2. The van der Waals surface area contributed by atoms with E-state index < -0.39 is 0 Å². The Hall–Kier alpha value is -0.810. The number of rotatable bonds is 6. The molecule has 1 aromatic rings. The van der Waals surface area contributed by atoms with E-state index in [1.807, 2.05) is 0 Å². The molecule has 90 valence electrons. The van der Waals surface area contributed by atoms with Crippen LogP contribution in [0.4, 0.5) is 10.8 Å². The molecule has 0 aliphatic heterocycles. The summed E-state index contributed by atoms with van der Waals surface area (Å²) in [5.41, 5.74) is 7.16. The number of nitrogens with two attached hydrogens (primary N) is 1. The second-order valence-electron chi connectivity index (χ2n) is 4.41. The molecule has 1 fully saturated rings. The third kappa shape index (κ3) is 2.65. The zero-order valence-electron chi connectivity index (χ0n) is 9.99. The Morgan fingerprint density at radius 2 is 2.31 bits per heavy atom. The highest BCUT2D eigenvalue weighted by Crippen LogP contribution is 2.47. The fourth-order valence-corrected chi connectivity index (χ4v) is 2.55. The van der Waals surface area contributed by atoms with Gasteiger partial charge in [0.25, 0.3) is 0 Å². The third-order valence-corrected chi connectivity index (χ3v) is 3.90. The van der Waals surface area contributed by atoms with Crippen molar-refractivity contribution in [1.82, 2.24) is 9.27 Å². The van der Waals surface area contributed by atoms with Crippen LogP contribution in [0.5, 0.6) is 0 Å². The fraction of sp³-hybridized carbons (Fsp3) is 0.727. The normalized spacial score (nSPS) is 15.7. The summed E-state index contributed by atoms with van der Waals surface area (Å²) in [7, 11) is 2.13. The molecule has 0 aromatic carbocycles. The molecular weight excluding hydrogens is 220 g/mol. The molecule has 0 amide bonds. The van der Waals surface area contributed by atoms with Crippen molar-refractivity contribution >= 4 is 22.4 Å². The second kappa shape index (κ2) is 5.01. The lowest BCUT2D eigenvalue weighted by Crippen LogP contribution is -2.24. The van der Waals surface area contributed by atoms with E-state index in [4.69, 9.17) is 5.73 Å². The Bertz CT molecular complexity index is 346.